The zero-order valence-corrected chi connectivity index (χ0v) is 12.1. The van der Waals surface area contributed by atoms with E-state index in [0.717, 1.165) is 12.8 Å². The Bertz CT molecular complexity index is 365. The number of nitrogens with zero attached hydrogens (tertiary/aromatic N) is 2. The van der Waals surface area contributed by atoms with Crippen LogP contribution in [0.4, 0.5) is 4.79 Å². The van der Waals surface area contributed by atoms with Crippen molar-refractivity contribution >= 4 is 17.9 Å². The first-order valence-corrected chi connectivity index (χ1v) is 7.00. The zero-order valence-electron chi connectivity index (χ0n) is 12.1. The van der Waals surface area contributed by atoms with Crippen LogP contribution in [0, 0.1) is 5.92 Å². The number of hydrogen-bond donors (Lipinski definition) is 2. The first-order chi connectivity index (χ1) is 9.47. The summed E-state index contributed by atoms with van der Waals surface area (Å²) in [6.45, 7) is 4.93. The van der Waals surface area contributed by atoms with Crippen molar-refractivity contribution in [2.24, 2.45) is 5.92 Å². The molecule has 1 aliphatic carbocycles. The highest BCUT2D eigenvalue weighted by atomic mass is 16.4. The molecule has 0 atom stereocenters. The van der Waals surface area contributed by atoms with Crippen LogP contribution in [0.5, 0.6) is 0 Å². The molecule has 0 saturated heterocycles. The average Bonchev–Trinajstić information content (AvgIpc) is 3.20. The molecule has 1 saturated carbocycles. The molecule has 0 radical (unpaired) electrons. The Hall–Kier alpha value is -1.79. The van der Waals surface area contributed by atoms with Crippen molar-refractivity contribution in [2.45, 2.75) is 26.7 Å². The Balaban J connectivity index is 2.44. The van der Waals surface area contributed by atoms with Crippen LogP contribution in [-0.2, 0) is 9.59 Å². The van der Waals surface area contributed by atoms with Gasteiger partial charge >= 0.3 is 12.0 Å². The minimum Gasteiger partial charge on any atom is -0.480 e. The van der Waals surface area contributed by atoms with Crippen molar-refractivity contribution in [1.82, 2.24) is 15.1 Å². The number of nitrogens with one attached hydrogen (secondary N) is 1. The minimum absolute atomic E-state index is 0.0959. The Labute approximate surface area is 118 Å². The molecule has 114 valence electrons. The molecule has 1 aliphatic rings. The quantitative estimate of drug-likeness (QED) is 0.674. The molecular formula is C13H23N3O4. The molecule has 1 rings (SSSR count). The Morgan fingerprint density at radius 3 is 2.20 bits per heavy atom. The zero-order chi connectivity index (χ0) is 15.1. The first-order valence-electron chi connectivity index (χ1n) is 7.00. The summed E-state index contributed by atoms with van der Waals surface area (Å²) in [6, 6.07) is -0.486. The molecule has 20 heavy (non-hydrogen) atoms. The standard InChI is InChI=1S/C13H23N3O4/c1-3-15(4-2)11(17)7-14-13(20)16(9-12(18)19)8-10-5-6-10/h10H,3-9H2,1-2H3,(H,14,20)(H,18,19). The number of carbonyl (C=O) groups is 3. The van der Waals surface area contributed by atoms with Crippen LogP contribution in [0.3, 0.4) is 0 Å². The average molecular weight is 285 g/mol. The molecule has 3 amide bonds. The maximum Gasteiger partial charge on any atom is 0.323 e. The van der Waals surface area contributed by atoms with E-state index in [1.54, 1.807) is 4.90 Å². The number of urea groups is 1. The number of hydrogen-bond acceptors (Lipinski definition) is 3. The normalized spacial score (nSPS) is 13.7. The lowest BCUT2D eigenvalue weighted by Gasteiger charge is -2.23. The third-order valence-electron chi connectivity index (χ3n) is 3.30. The summed E-state index contributed by atoms with van der Waals surface area (Å²) < 4.78 is 0. The van der Waals surface area contributed by atoms with E-state index in [-0.39, 0.29) is 19.0 Å². The number of carboxylic acids is 1. The van der Waals surface area contributed by atoms with Gasteiger partial charge in [0.2, 0.25) is 5.91 Å². The summed E-state index contributed by atoms with van der Waals surface area (Å²) in [6.07, 6.45) is 2.06. The maximum atomic E-state index is 11.9. The van der Waals surface area contributed by atoms with Gasteiger partial charge in [-0.1, -0.05) is 0 Å². The van der Waals surface area contributed by atoms with Gasteiger partial charge in [0.15, 0.2) is 0 Å². The number of rotatable bonds is 8. The van der Waals surface area contributed by atoms with Crippen LogP contribution in [0.1, 0.15) is 26.7 Å². The van der Waals surface area contributed by atoms with Gasteiger partial charge in [0.25, 0.3) is 0 Å². The molecule has 0 spiro atoms. The summed E-state index contributed by atoms with van der Waals surface area (Å²) in [7, 11) is 0. The van der Waals surface area contributed by atoms with Gasteiger partial charge in [0.05, 0.1) is 6.54 Å². The van der Waals surface area contributed by atoms with E-state index in [2.05, 4.69) is 5.32 Å². The number of likely N-dealkylation sites (N-methyl/N-ethyl adjacent to an activating group) is 1. The number of amides is 3. The van der Waals surface area contributed by atoms with E-state index in [9.17, 15) is 14.4 Å². The van der Waals surface area contributed by atoms with Gasteiger partial charge in [0.1, 0.15) is 6.54 Å². The summed E-state index contributed by atoms with van der Waals surface area (Å²) >= 11 is 0. The number of carbonyl (C=O) groups excluding carboxylic acids is 2. The van der Waals surface area contributed by atoms with E-state index >= 15 is 0 Å². The Morgan fingerprint density at radius 2 is 1.75 bits per heavy atom. The van der Waals surface area contributed by atoms with Gasteiger partial charge in [0, 0.05) is 19.6 Å². The van der Waals surface area contributed by atoms with E-state index in [1.165, 1.54) is 4.90 Å². The molecule has 7 nitrogen and oxygen atoms in total. The molecule has 7 heteroatoms. The summed E-state index contributed by atoms with van der Waals surface area (Å²) in [4.78, 5) is 37.3. The third-order valence-corrected chi connectivity index (χ3v) is 3.30. The minimum atomic E-state index is -1.05. The highest BCUT2D eigenvalue weighted by molar-refractivity contribution is 5.85. The summed E-state index contributed by atoms with van der Waals surface area (Å²) in [5, 5.41) is 11.3. The van der Waals surface area contributed by atoms with Gasteiger partial charge in [-0.05, 0) is 32.6 Å². The van der Waals surface area contributed by atoms with E-state index < -0.39 is 12.0 Å². The first kappa shape index (κ1) is 16.3. The van der Waals surface area contributed by atoms with Crippen molar-refractivity contribution in [3.05, 3.63) is 0 Å². The topological polar surface area (TPSA) is 90.0 Å². The second-order valence-corrected chi connectivity index (χ2v) is 4.94. The van der Waals surface area contributed by atoms with Gasteiger partial charge in [-0.15, -0.1) is 0 Å². The van der Waals surface area contributed by atoms with Crippen molar-refractivity contribution in [3.8, 4) is 0 Å². The molecular weight excluding hydrogens is 262 g/mol. The second kappa shape index (κ2) is 7.72. The lowest BCUT2D eigenvalue weighted by atomic mass is 10.3. The van der Waals surface area contributed by atoms with Gasteiger partial charge < -0.3 is 20.2 Å². The monoisotopic (exact) mass is 285 g/mol. The van der Waals surface area contributed by atoms with Crippen LogP contribution in [0.2, 0.25) is 0 Å². The molecule has 0 aromatic rings. The lowest BCUT2D eigenvalue weighted by Crippen LogP contribution is -2.47. The van der Waals surface area contributed by atoms with E-state index in [1.807, 2.05) is 13.8 Å². The predicted octanol–water partition coefficient (Wildman–Crippen LogP) is 0.361. The van der Waals surface area contributed by atoms with Crippen LogP contribution in [0.15, 0.2) is 0 Å². The van der Waals surface area contributed by atoms with Crippen LogP contribution < -0.4 is 5.32 Å². The predicted molar refractivity (Wildman–Crippen MR) is 73.3 cm³/mol. The molecule has 0 bridgehead atoms. The summed E-state index contributed by atoms with van der Waals surface area (Å²) in [5.41, 5.74) is 0. The van der Waals surface area contributed by atoms with E-state index in [4.69, 9.17) is 5.11 Å². The van der Waals surface area contributed by atoms with Crippen LogP contribution in [0.25, 0.3) is 0 Å². The largest absolute Gasteiger partial charge is 0.480 e. The molecule has 0 heterocycles. The summed E-state index contributed by atoms with van der Waals surface area (Å²) in [5.74, 6) is -0.806. The maximum absolute atomic E-state index is 11.9. The Kier molecular flexibility index (Phi) is 6.27. The second-order valence-electron chi connectivity index (χ2n) is 4.94. The molecule has 0 unspecified atom stereocenters. The number of carboxylic acid groups (broad SMARTS) is 1. The van der Waals surface area contributed by atoms with Crippen molar-refractivity contribution in [2.75, 3.05) is 32.7 Å². The Morgan fingerprint density at radius 1 is 1.15 bits per heavy atom. The van der Waals surface area contributed by atoms with Crippen molar-refractivity contribution < 1.29 is 19.5 Å². The van der Waals surface area contributed by atoms with Crippen molar-refractivity contribution in [3.63, 3.8) is 0 Å². The van der Waals surface area contributed by atoms with Crippen molar-refractivity contribution in [1.29, 1.82) is 0 Å². The van der Waals surface area contributed by atoms with Gasteiger partial charge in [-0.25, -0.2) is 4.79 Å². The molecule has 0 aliphatic heterocycles. The number of aliphatic carboxylic acids is 1. The fourth-order valence-electron chi connectivity index (χ4n) is 1.95. The van der Waals surface area contributed by atoms with Crippen LogP contribution >= 0.6 is 0 Å². The molecule has 2 N–H and O–H groups in total. The smallest absolute Gasteiger partial charge is 0.323 e. The fraction of sp³-hybridized carbons (Fsp3) is 0.769. The van der Waals surface area contributed by atoms with Crippen LogP contribution in [-0.4, -0.2) is 65.5 Å². The molecule has 0 aromatic heterocycles. The lowest BCUT2D eigenvalue weighted by molar-refractivity contribution is -0.137. The third kappa shape index (κ3) is 5.46. The van der Waals surface area contributed by atoms with Gasteiger partial charge in [-0.2, -0.15) is 0 Å². The SMILES string of the molecule is CCN(CC)C(=O)CNC(=O)N(CC(=O)O)CC1CC1. The highest BCUT2D eigenvalue weighted by Crippen LogP contribution is 2.29. The van der Waals surface area contributed by atoms with Gasteiger partial charge in [-0.3, -0.25) is 9.59 Å². The fourth-order valence-corrected chi connectivity index (χ4v) is 1.95. The molecule has 0 aromatic carbocycles. The van der Waals surface area contributed by atoms with E-state index in [0.29, 0.717) is 25.6 Å². The highest BCUT2D eigenvalue weighted by Gasteiger charge is 2.28. The molecule has 1 fully saturated rings.